The number of hydrazine groups is 1. The number of thiazole rings is 1. The molecule has 5 amide bonds. The fraction of sp³-hybridized carbons (Fsp3) is 0.531. The molecule has 0 radical (unpaired) electrons. The predicted molar refractivity (Wildman–Crippen MR) is 252 cm³/mol. The van der Waals surface area contributed by atoms with E-state index in [0.717, 1.165) is 44.7 Å². The van der Waals surface area contributed by atoms with Crippen LogP contribution in [0.1, 0.15) is 76.8 Å². The number of likely N-dealkylation sites (N-methyl/N-ethyl adjacent to an activating group) is 1. The minimum Gasteiger partial charge on any atom is -0.464 e. The Kier molecular flexibility index (Phi) is 13.4. The van der Waals surface area contributed by atoms with Crippen LogP contribution in [0.5, 0.6) is 0 Å². The first kappa shape index (κ1) is 46.9. The lowest BCUT2D eigenvalue weighted by Gasteiger charge is -2.46. The molecule has 0 unspecified atom stereocenters. The molecule has 17 heteroatoms. The lowest BCUT2D eigenvalue weighted by Crippen LogP contribution is -2.65. The molecular formula is C49H63N9O7S. The second kappa shape index (κ2) is 18.9. The molecule has 3 saturated heterocycles. The zero-order chi connectivity index (χ0) is 47.2. The van der Waals surface area contributed by atoms with E-state index < -0.39 is 41.3 Å². The highest BCUT2D eigenvalue weighted by atomic mass is 32.1. The molecule has 16 nitrogen and oxygen atoms in total. The quantitative estimate of drug-likeness (QED) is 0.159. The van der Waals surface area contributed by atoms with Crippen LogP contribution in [0.4, 0.5) is 4.79 Å². The van der Waals surface area contributed by atoms with Crippen LogP contribution in [0.25, 0.3) is 33.4 Å². The molecule has 7 heterocycles. The van der Waals surface area contributed by atoms with Crippen molar-refractivity contribution in [3.8, 4) is 22.5 Å². The molecule has 66 heavy (non-hydrogen) atoms. The lowest BCUT2D eigenvalue weighted by atomic mass is 9.84. The molecule has 4 aliphatic rings. The summed E-state index contributed by atoms with van der Waals surface area (Å²) in [6, 6.07) is 7.17. The summed E-state index contributed by atoms with van der Waals surface area (Å²) in [5.74, 6) is -1.67. The molecule has 8 rings (SSSR count). The normalized spacial score (nSPS) is 22.8. The van der Waals surface area contributed by atoms with Gasteiger partial charge in [-0.3, -0.25) is 29.2 Å². The number of aromatic nitrogens is 3. The van der Waals surface area contributed by atoms with Crippen molar-refractivity contribution < 1.29 is 33.4 Å². The highest BCUT2D eigenvalue weighted by Gasteiger charge is 2.50. The van der Waals surface area contributed by atoms with E-state index in [1.807, 2.05) is 32.2 Å². The van der Waals surface area contributed by atoms with E-state index >= 15 is 0 Å². The zero-order valence-electron chi connectivity index (χ0n) is 39.3. The number of hydrogen-bond donors (Lipinski definition) is 2. The summed E-state index contributed by atoms with van der Waals surface area (Å²) >= 11 is 1.41. The number of nitrogens with zero attached hydrogens (tertiary/aromatic N) is 7. The lowest BCUT2D eigenvalue weighted by molar-refractivity contribution is -0.155. The average molecular weight is 922 g/mol. The van der Waals surface area contributed by atoms with Crippen LogP contribution in [-0.2, 0) is 48.0 Å². The maximum atomic E-state index is 14.6. The van der Waals surface area contributed by atoms with Crippen LogP contribution >= 0.6 is 11.3 Å². The average Bonchev–Trinajstić information content (AvgIpc) is 4.00. The number of hydrogen-bond acceptors (Lipinski definition) is 11. The highest BCUT2D eigenvalue weighted by Crippen LogP contribution is 2.42. The van der Waals surface area contributed by atoms with Crippen molar-refractivity contribution >= 4 is 52.0 Å². The van der Waals surface area contributed by atoms with Crippen molar-refractivity contribution in [1.82, 2.24) is 45.0 Å². The number of rotatable bonds is 9. The van der Waals surface area contributed by atoms with Crippen LogP contribution in [0.3, 0.4) is 0 Å². The van der Waals surface area contributed by atoms with Gasteiger partial charge in [0.1, 0.15) is 18.1 Å². The molecule has 6 atom stereocenters. The highest BCUT2D eigenvalue weighted by molar-refractivity contribution is 7.10. The van der Waals surface area contributed by atoms with Gasteiger partial charge in [-0.1, -0.05) is 40.3 Å². The Morgan fingerprint density at radius 3 is 2.67 bits per heavy atom. The summed E-state index contributed by atoms with van der Waals surface area (Å²) in [6.45, 7) is 18.2. The molecule has 0 spiro atoms. The second-order valence-electron chi connectivity index (χ2n) is 19.3. The summed E-state index contributed by atoms with van der Waals surface area (Å²) in [5.41, 5.74) is 9.27. The van der Waals surface area contributed by atoms with Crippen molar-refractivity contribution in [3.05, 3.63) is 70.8 Å². The Balaban J connectivity index is 1.14. The van der Waals surface area contributed by atoms with Gasteiger partial charge >= 0.3 is 12.0 Å². The van der Waals surface area contributed by atoms with Crippen molar-refractivity contribution in [2.45, 2.75) is 104 Å². The number of nitrogens with one attached hydrogen (secondary N) is 2. The fourth-order valence-corrected chi connectivity index (χ4v) is 11.1. The van der Waals surface area contributed by atoms with Gasteiger partial charge in [-0.05, 0) is 74.9 Å². The van der Waals surface area contributed by atoms with Crippen molar-refractivity contribution in [3.63, 3.8) is 0 Å². The number of ether oxygens (including phenoxy) is 2. The third-order valence-electron chi connectivity index (χ3n) is 13.7. The Bertz CT molecular complexity index is 2530. The van der Waals surface area contributed by atoms with E-state index in [0.29, 0.717) is 57.0 Å². The summed E-state index contributed by atoms with van der Waals surface area (Å²) in [4.78, 5) is 84.2. The molecule has 1 aromatic carbocycles. The standard InChI is InChI=1S/C49H63N9O7S/c1-10-41(59)55-23-31-24-57(39(31)25-55)48(63)54(8)43(28(3)4)45(60)52-36-21-40-51-37(26-66-40)30-16-17-38-33(20-30)34(44(56(38)11-2)32-14-12-18-50-42(32)29(5)64-9)22-49(6,7)27-65-47(62)35-15-13-19-58(53-35)46(36)61/h10,12,14,16-18,20,26,28-29,31,35-36,39,43,53H,1,11,13,15,19,21-25,27H2,2-9H3,(H,52,60)/t29-,31+,35-,36-,39+,43-/m0/s1. The first-order valence-electron chi connectivity index (χ1n) is 23.1. The van der Waals surface area contributed by atoms with Gasteiger partial charge in [0, 0.05) is 98.2 Å². The SMILES string of the molecule is C=CC(=O)N1C[C@@H]2CN(C(=O)N(C)[C@H](C(=O)N[C@H]3Cc4nc(cs4)-c4ccc5c(c4)c(c(-c4cccnc4[C@H](C)OC)n5CC)CC(C)(C)COC(=O)[C@@H]4CCCN(N4)C3=O)C(C)C)[C@@H]2C1. The van der Waals surface area contributed by atoms with Gasteiger partial charge in [0.05, 0.1) is 40.8 Å². The van der Waals surface area contributed by atoms with E-state index in [4.69, 9.17) is 19.4 Å². The van der Waals surface area contributed by atoms with E-state index in [1.54, 1.807) is 30.2 Å². The number of carbonyl (C=O) groups is 5. The number of likely N-dealkylation sites (tertiary alicyclic amines) is 2. The number of benzene rings is 1. The van der Waals surface area contributed by atoms with Gasteiger partial charge in [-0.25, -0.2) is 15.2 Å². The van der Waals surface area contributed by atoms with Crippen molar-refractivity contribution in [2.75, 3.05) is 46.9 Å². The number of fused-ring (bicyclic) bond motifs is 7. The van der Waals surface area contributed by atoms with Crippen LogP contribution in [0.2, 0.25) is 0 Å². The number of urea groups is 1. The molecule has 0 saturated carbocycles. The summed E-state index contributed by atoms with van der Waals surface area (Å²) < 4.78 is 14.2. The Morgan fingerprint density at radius 1 is 1.15 bits per heavy atom. The topological polar surface area (TPSA) is 172 Å². The number of pyridine rings is 1. The van der Waals surface area contributed by atoms with Crippen molar-refractivity contribution in [2.24, 2.45) is 17.3 Å². The van der Waals surface area contributed by atoms with Crippen LogP contribution in [0, 0.1) is 17.3 Å². The third-order valence-corrected chi connectivity index (χ3v) is 14.6. The zero-order valence-corrected chi connectivity index (χ0v) is 40.2. The van der Waals surface area contributed by atoms with E-state index in [2.05, 4.69) is 66.9 Å². The van der Waals surface area contributed by atoms with Crippen LogP contribution < -0.4 is 10.7 Å². The summed E-state index contributed by atoms with van der Waals surface area (Å²) in [6.07, 6.45) is 4.48. The Labute approximate surface area is 390 Å². The number of methoxy groups -OCH3 is 1. The van der Waals surface area contributed by atoms with E-state index in [1.165, 1.54) is 27.3 Å². The molecule has 0 aliphatic carbocycles. The Morgan fingerprint density at radius 2 is 1.94 bits per heavy atom. The van der Waals surface area contributed by atoms with Gasteiger partial charge in [0.2, 0.25) is 11.8 Å². The number of amides is 5. The third kappa shape index (κ3) is 8.96. The Hall–Kier alpha value is -5.65. The van der Waals surface area contributed by atoms with Gasteiger partial charge < -0.3 is 34.1 Å². The molecule has 2 N–H and O–H groups in total. The molecule has 4 aromatic rings. The first-order valence-corrected chi connectivity index (χ1v) is 24.0. The number of carbonyl (C=O) groups excluding carboxylic acids is 5. The van der Waals surface area contributed by atoms with E-state index in [-0.39, 0.29) is 48.9 Å². The number of esters is 1. The molecule has 3 fully saturated rings. The monoisotopic (exact) mass is 921 g/mol. The van der Waals surface area contributed by atoms with Gasteiger partial charge in [0.15, 0.2) is 0 Å². The largest absolute Gasteiger partial charge is 0.464 e. The minimum absolute atomic E-state index is 0.0770. The molecular weight excluding hydrogens is 859 g/mol. The molecule has 3 aromatic heterocycles. The molecule has 4 aliphatic heterocycles. The van der Waals surface area contributed by atoms with Crippen LogP contribution in [0.15, 0.2) is 54.6 Å². The second-order valence-corrected chi connectivity index (χ2v) is 20.2. The van der Waals surface area contributed by atoms with Gasteiger partial charge in [-0.15, -0.1) is 11.3 Å². The fourth-order valence-electron chi connectivity index (χ4n) is 10.2. The van der Waals surface area contributed by atoms with Gasteiger partial charge in [0.25, 0.3) is 5.91 Å². The van der Waals surface area contributed by atoms with E-state index in [9.17, 15) is 24.0 Å². The maximum absolute atomic E-state index is 14.6. The first-order chi connectivity index (χ1) is 31.5. The number of aryl methyl sites for hydroxylation is 1. The summed E-state index contributed by atoms with van der Waals surface area (Å²) in [7, 11) is 3.29. The summed E-state index contributed by atoms with van der Waals surface area (Å²) in [5, 5.41) is 8.12. The molecule has 6 bridgehead atoms. The smallest absolute Gasteiger partial charge is 0.324 e. The molecule has 352 valence electrons. The van der Waals surface area contributed by atoms with Crippen molar-refractivity contribution in [1.29, 1.82) is 0 Å². The minimum atomic E-state index is -1.08. The van der Waals surface area contributed by atoms with Crippen LogP contribution in [-0.4, -0.2) is 135 Å². The number of cyclic esters (lactones) is 1. The maximum Gasteiger partial charge on any atom is 0.324 e. The van der Waals surface area contributed by atoms with Gasteiger partial charge in [-0.2, -0.15) is 0 Å². The predicted octanol–water partition coefficient (Wildman–Crippen LogP) is 5.61.